The minimum Gasteiger partial charge on any atom is -0.381 e. The monoisotopic (exact) mass is 185 g/mol. The molecule has 0 amide bonds. The molecule has 2 heterocycles. The summed E-state index contributed by atoms with van der Waals surface area (Å²) >= 11 is 0. The summed E-state index contributed by atoms with van der Waals surface area (Å²) in [7, 11) is 0. The molecule has 4 nitrogen and oxygen atoms in total. The molecular weight excluding hydrogens is 178 g/mol. The second kappa shape index (κ2) is 2.70. The van der Waals surface area contributed by atoms with Crippen molar-refractivity contribution < 1.29 is 4.84 Å². The Bertz CT molecular complexity index is 522. The summed E-state index contributed by atoms with van der Waals surface area (Å²) in [5.41, 5.74) is 4.62. The van der Waals surface area contributed by atoms with Crippen molar-refractivity contribution in [2.24, 2.45) is 0 Å². The molecule has 14 heavy (non-hydrogen) atoms. The molecule has 68 valence electrons. The van der Waals surface area contributed by atoms with Crippen LogP contribution in [0.25, 0.3) is 17.0 Å². The number of benzene rings is 1. The quantitative estimate of drug-likeness (QED) is 0.675. The van der Waals surface area contributed by atoms with Crippen LogP contribution < -0.4 is 10.3 Å². The number of hydroxylamine groups is 1. The van der Waals surface area contributed by atoms with Crippen LogP contribution in [0.1, 0.15) is 5.56 Å². The van der Waals surface area contributed by atoms with Gasteiger partial charge < -0.3 is 4.84 Å². The van der Waals surface area contributed by atoms with E-state index in [4.69, 9.17) is 4.84 Å². The van der Waals surface area contributed by atoms with Crippen molar-refractivity contribution in [1.29, 1.82) is 0 Å². The Morgan fingerprint density at radius 3 is 3.29 bits per heavy atom. The molecule has 0 saturated heterocycles. The fraction of sp³-hybridized carbons (Fsp3) is 0. The summed E-state index contributed by atoms with van der Waals surface area (Å²) < 4.78 is 0. The second-order valence-electron chi connectivity index (χ2n) is 2.99. The largest absolute Gasteiger partial charge is 0.381 e. The lowest BCUT2D eigenvalue weighted by Gasteiger charge is -2.13. The molecule has 4 heteroatoms. The van der Waals surface area contributed by atoms with Gasteiger partial charge in [-0.1, -0.05) is 0 Å². The minimum atomic E-state index is 0.783. The lowest BCUT2D eigenvalue weighted by molar-refractivity contribution is 0.242. The molecule has 2 aromatic rings. The van der Waals surface area contributed by atoms with E-state index in [0.29, 0.717) is 0 Å². The van der Waals surface area contributed by atoms with Gasteiger partial charge in [0.25, 0.3) is 0 Å². The average molecular weight is 185 g/mol. The molecule has 0 saturated carbocycles. The molecule has 1 aromatic carbocycles. The summed E-state index contributed by atoms with van der Waals surface area (Å²) in [5, 5.41) is 0.918. The highest BCUT2D eigenvalue weighted by molar-refractivity contribution is 5.88. The zero-order chi connectivity index (χ0) is 9.38. The lowest BCUT2D eigenvalue weighted by Crippen LogP contribution is -2.14. The number of nitrogens with zero attached hydrogens (tertiary/aromatic N) is 2. The number of nitrogens with one attached hydrogen (secondary N) is 1. The molecule has 1 aromatic heterocycles. The Balaban J connectivity index is 2.41. The van der Waals surface area contributed by atoms with Crippen molar-refractivity contribution in [2.45, 2.75) is 0 Å². The van der Waals surface area contributed by atoms with Crippen molar-refractivity contribution in [1.82, 2.24) is 15.4 Å². The van der Waals surface area contributed by atoms with E-state index in [1.807, 2.05) is 18.2 Å². The van der Waals surface area contributed by atoms with Crippen LogP contribution in [0.15, 0.2) is 30.9 Å². The minimum absolute atomic E-state index is 0.783. The van der Waals surface area contributed by atoms with E-state index >= 15 is 0 Å². The fourth-order valence-corrected chi connectivity index (χ4v) is 1.51. The Morgan fingerprint density at radius 1 is 1.29 bits per heavy atom. The Labute approximate surface area is 80.2 Å². The molecule has 0 fully saturated rings. The van der Waals surface area contributed by atoms with Gasteiger partial charge in [-0.25, -0.2) is 15.4 Å². The highest BCUT2D eigenvalue weighted by atomic mass is 16.6. The smallest absolute Gasteiger partial charge is 0.173 e. The summed E-state index contributed by atoms with van der Waals surface area (Å²) in [6.45, 7) is 0. The van der Waals surface area contributed by atoms with Crippen LogP contribution in [-0.4, -0.2) is 9.97 Å². The molecule has 0 radical (unpaired) electrons. The summed E-state index contributed by atoms with van der Waals surface area (Å²) in [6, 6.07) is 3.93. The van der Waals surface area contributed by atoms with Crippen molar-refractivity contribution in [2.75, 3.05) is 0 Å². The van der Waals surface area contributed by atoms with Crippen LogP contribution in [0.5, 0.6) is 5.75 Å². The van der Waals surface area contributed by atoms with Crippen LogP contribution in [-0.2, 0) is 0 Å². The number of aromatic nitrogens is 2. The Morgan fingerprint density at radius 2 is 2.29 bits per heavy atom. The van der Waals surface area contributed by atoms with E-state index < -0.39 is 0 Å². The maximum absolute atomic E-state index is 5.32. The van der Waals surface area contributed by atoms with E-state index in [1.54, 1.807) is 12.4 Å². The van der Waals surface area contributed by atoms with Crippen molar-refractivity contribution in [3.05, 3.63) is 36.4 Å². The average Bonchev–Trinajstić information content (AvgIpc) is 2.29. The van der Waals surface area contributed by atoms with E-state index in [-0.39, 0.29) is 0 Å². The van der Waals surface area contributed by atoms with Gasteiger partial charge in [-0.15, -0.1) is 0 Å². The van der Waals surface area contributed by atoms with E-state index in [1.165, 1.54) is 6.33 Å². The molecule has 1 N–H and O–H groups in total. The predicted octanol–water partition coefficient (Wildman–Crippen LogP) is 1.50. The van der Waals surface area contributed by atoms with Crippen LogP contribution >= 0.6 is 0 Å². The first-order valence-electron chi connectivity index (χ1n) is 4.27. The SMILES string of the molecule is C1=Cc2ccc3ncncc3c2ON1. The van der Waals surface area contributed by atoms with E-state index in [9.17, 15) is 0 Å². The van der Waals surface area contributed by atoms with Gasteiger partial charge in [-0.2, -0.15) is 0 Å². The lowest BCUT2D eigenvalue weighted by atomic mass is 10.1. The van der Waals surface area contributed by atoms with Crippen LogP contribution in [0.4, 0.5) is 0 Å². The highest BCUT2D eigenvalue weighted by Crippen LogP contribution is 2.29. The normalized spacial score (nSPS) is 13.1. The van der Waals surface area contributed by atoms with Crippen molar-refractivity contribution >= 4 is 17.0 Å². The summed E-state index contributed by atoms with van der Waals surface area (Å²) in [6.07, 6.45) is 6.98. The molecule has 3 rings (SSSR count). The van der Waals surface area contributed by atoms with Crippen LogP contribution in [0.3, 0.4) is 0 Å². The molecule has 0 atom stereocenters. The van der Waals surface area contributed by atoms with Gasteiger partial charge in [-0.3, -0.25) is 0 Å². The fourth-order valence-electron chi connectivity index (χ4n) is 1.51. The maximum Gasteiger partial charge on any atom is 0.173 e. The van der Waals surface area contributed by atoms with Gasteiger partial charge in [0.1, 0.15) is 6.33 Å². The highest BCUT2D eigenvalue weighted by Gasteiger charge is 2.10. The number of hydrogen-bond acceptors (Lipinski definition) is 4. The van der Waals surface area contributed by atoms with Gasteiger partial charge in [-0.05, 0) is 18.2 Å². The van der Waals surface area contributed by atoms with Gasteiger partial charge in [0.05, 0.1) is 10.9 Å². The zero-order valence-electron chi connectivity index (χ0n) is 7.27. The first kappa shape index (κ1) is 7.32. The molecule has 1 aliphatic rings. The molecule has 1 aliphatic heterocycles. The van der Waals surface area contributed by atoms with Crippen LogP contribution in [0, 0.1) is 0 Å². The Hall–Kier alpha value is -2.10. The third kappa shape index (κ3) is 0.939. The maximum atomic E-state index is 5.32. The van der Waals surface area contributed by atoms with E-state index in [0.717, 1.165) is 22.2 Å². The summed E-state index contributed by atoms with van der Waals surface area (Å²) in [5.74, 6) is 0.783. The number of fused-ring (bicyclic) bond motifs is 3. The van der Waals surface area contributed by atoms with Crippen LogP contribution in [0.2, 0.25) is 0 Å². The van der Waals surface area contributed by atoms with Gasteiger partial charge in [0, 0.05) is 18.0 Å². The molecule has 0 aliphatic carbocycles. The Kier molecular flexibility index (Phi) is 1.41. The van der Waals surface area contributed by atoms with Crippen molar-refractivity contribution in [3.63, 3.8) is 0 Å². The number of rotatable bonds is 0. The van der Waals surface area contributed by atoms with E-state index in [2.05, 4.69) is 15.4 Å². The topological polar surface area (TPSA) is 47.0 Å². The first-order chi connectivity index (χ1) is 6.95. The van der Waals surface area contributed by atoms with Crippen molar-refractivity contribution in [3.8, 4) is 5.75 Å². The second-order valence-corrected chi connectivity index (χ2v) is 2.99. The standard InChI is InChI=1S/C10H7N3O/c1-2-9-8(5-11-6-12-9)10-7(1)3-4-13-14-10/h1-6,13H. The van der Waals surface area contributed by atoms with Gasteiger partial charge in [0.15, 0.2) is 5.75 Å². The van der Waals surface area contributed by atoms with Gasteiger partial charge >= 0.3 is 0 Å². The first-order valence-corrected chi connectivity index (χ1v) is 4.27. The third-order valence-electron chi connectivity index (χ3n) is 2.16. The molecule has 0 unspecified atom stereocenters. The zero-order valence-corrected chi connectivity index (χ0v) is 7.27. The molecule has 0 bridgehead atoms. The molecular formula is C10H7N3O. The predicted molar refractivity (Wildman–Crippen MR) is 52.3 cm³/mol. The summed E-state index contributed by atoms with van der Waals surface area (Å²) in [4.78, 5) is 13.4. The number of hydrogen-bond donors (Lipinski definition) is 1. The molecule has 0 spiro atoms. The van der Waals surface area contributed by atoms with Gasteiger partial charge in [0.2, 0.25) is 0 Å². The third-order valence-corrected chi connectivity index (χ3v) is 2.16.